The van der Waals surface area contributed by atoms with Crippen molar-refractivity contribution in [1.82, 2.24) is 10.2 Å². The summed E-state index contributed by atoms with van der Waals surface area (Å²) in [5, 5.41) is 14.5. The number of hydrogen-bond acceptors (Lipinski definition) is 6. The Morgan fingerprint density at radius 2 is 1.76 bits per heavy atom. The molecular weight excluding hydrogens is 376 g/mol. The molecule has 0 atom stereocenters. The van der Waals surface area contributed by atoms with Crippen LogP contribution in [0.15, 0.2) is 36.4 Å². The summed E-state index contributed by atoms with van der Waals surface area (Å²) >= 11 is 0. The summed E-state index contributed by atoms with van der Waals surface area (Å²) in [6.45, 7) is 2.63. The average Bonchev–Trinajstić information content (AvgIpc) is 2.72. The number of phenols is 1. The van der Waals surface area contributed by atoms with E-state index >= 15 is 0 Å². The van der Waals surface area contributed by atoms with Gasteiger partial charge in [0.05, 0.1) is 6.61 Å². The minimum atomic E-state index is -0.763. The molecule has 0 aliphatic carbocycles. The van der Waals surface area contributed by atoms with Crippen molar-refractivity contribution in [1.29, 1.82) is 0 Å². The Kier molecular flexibility index (Phi) is 6.54. The van der Waals surface area contributed by atoms with Crippen LogP contribution in [0.1, 0.15) is 30.1 Å². The summed E-state index contributed by atoms with van der Waals surface area (Å²) in [6.07, 6.45) is 0.856. The highest BCUT2D eigenvalue weighted by atomic mass is 16.6. The number of nitrogens with zero attached hydrogens (tertiary/aromatic N) is 1. The second-order valence-corrected chi connectivity index (χ2v) is 6.82. The lowest BCUT2D eigenvalue weighted by molar-refractivity contribution is -0.125. The third-order valence-corrected chi connectivity index (χ3v) is 4.80. The zero-order valence-electron chi connectivity index (χ0n) is 16.2. The molecular formula is C21H24N2O6. The maximum absolute atomic E-state index is 12.3. The Labute approximate surface area is 168 Å². The van der Waals surface area contributed by atoms with Gasteiger partial charge in [-0.1, -0.05) is 24.3 Å². The molecule has 0 saturated carbocycles. The second-order valence-electron chi connectivity index (χ2n) is 6.82. The number of fused-ring (bicyclic) bond motifs is 1. The Bertz CT molecular complexity index is 905. The lowest BCUT2D eigenvalue weighted by Gasteiger charge is -2.31. The summed E-state index contributed by atoms with van der Waals surface area (Å²) in [5.41, 5.74) is 0.0132. The highest BCUT2D eigenvalue weighted by Gasteiger charge is 2.25. The van der Waals surface area contributed by atoms with Gasteiger partial charge in [-0.2, -0.15) is 0 Å². The smallest absolute Gasteiger partial charge is 0.409 e. The van der Waals surface area contributed by atoms with Crippen LogP contribution in [0.2, 0.25) is 0 Å². The van der Waals surface area contributed by atoms with E-state index < -0.39 is 18.5 Å². The molecule has 0 bridgehead atoms. The molecule has 3 rings (SSSR count). The second kappa shape index (κ2) is 9.27. The molecule has 1 aliphatic rings. The number of likely N-dealkylation sites (tertiary alicyclic amines) is 1. The first-order valence-corrected chi connectivity index (χ1v) is 9.58. The predicted molar refractivity (Wildman–Crippen MR) is 106 cm³/mol. The molecule has 1 heterocycles. The maximum atomic E-state index is 12.3. The summed E-state index contributed by atoms with van der Waals surface area (Å²) in [7, 11) is 0. The Balaban J connectivity index is 1.48. The minimum absolute atomic E-state index is 0.0132. The number of esters is 1. The van der Waals surface area contributed by atoms with Gasteiger partial charge in [-0.15, -0.1) is 0 Å². The topological polar surface area (TPSA) is 105 Å². The van der Waals surface area contributed by atoms with E-state index in [-0.39, 0.29) is 23.4 Å². The average molecular weight is 400 g/mol. The Morgan fingerprint density at radius 3 is 2.41 bits per heavy atom. The van der Waals surface area contributed by atoms with Crippen molar-refractivity contribution >= 4 is 28.7 Å². The first-order valence-electron chi connectivity index (χ1n) is 9.58. The van der Waals surface area contributed by atoms with Gasteiger partial charge >= 0.3 is 12.1 Å². The number of carbonyl (C=O) groups excluding carboxylic acids is 3. The van der Waals surface area contributed by atoms with E-state index in [4.69, 9.17) is 9.47 Å². The van der Waals surface area contributed by atoms with Crippen LogP contribution in [0.25, 0.3) is 10.8 Å². The van der Waals surface area contributed by atoms with Crippen LogP contribution in [-0.4, -0.2) is 60.3 Å². The standard InChI is InChI=1S/C21H24N2O6/c1-2-28-21(27)23-9-7-16(8-10-23)22-19(25)13-29-20(26)17-11-14-5-3-4-6-15(14)12-18(17)24/h3-6,11-12,16,24H,2,7-10,13H2,1H3,(H,22,25). The van der Waals surface area contributed by atoms with Crippen molar-refractivity contribution < 1.29 is 29.0 Å². The zero-order chi connectivity index (χ0) is 20.8. The molecule has 2 amide bonds. The summed E-state index contributed by atoms with van der Waals surface area (Å²) < 4.78 is 10.0. The zero-order valence-corrected chi connectivity index (χ0v) is 16.2. The molecule has 154 valence electrons. The highest BCUT2D eigenvalue weighted by molar-refractivity contribution is 5.99. The number of hydrogen-bond donors (Lipinski definition) is 2. The summed E-state index contributed by atoms with van der Waals surface area (Å²) in [5.74, 6) is -1.38. The van der Waals surface area contributed by atoms with Gasteiger partial charge in [0.2, 0.25) is 0 Å². The van der Waals surface area contributed by atoms with Crippen LogP contribution < -0.4 is 5.32 Å². The molecule has 0 aromatic heterocycles. The first-order chi connectivity index (χ1) is 14.0. The SMILES string of the molecule is CCOC(=O)N1CCC(NC(=O)COC(=O)c2cc3ccccc3cc2O)CC1. The summed E-state index contributed by atoms with van der Waals surface area (Å²) in [4.78, 5) is 37.7. The molecule has 1 aliphatic heterocycles. The number of carbonyl (C=O) groups is 3. The largest absolute Gasteiger partial charge is 0.507 e. The predicted octanol–water partition coefficient (Wildman–Crippen LogP) is 2.44. The fraction of sp³-hybridized carbons (Fsp3) is 0.381. The van der Waals surface area contributed by atoms with Crippen molar-refractivity contribution in [3.8, 4) is 5.75 Å². The highest BCUT2D eigenvalue weighted by Crippen LogP contribution is 2.25. The number of piperidine rings is 1. The van der Waals surface area contributed by atoms with Crippen molar-refractivity contribution in [3.63, 3.8) is 0 Å². The third kappa shape index (κ3) is 5.16. The van der Waals surface area contributed by atoms with Crippen LogP contribution >= 0.6 is 0 Å². The molecule has 2 aromatic rings. The third-order valence-electron chi connectivity index (χ3n) is 4.80. The van der Waals surface area contributed by atoms with Gasteiger partial charge in [0, 0.05) is 19.1 Å². The lowest BCUT2D eigenvalue weighted by Crippen LogP contribution is -2.47. The fourth-order valence-corrected chi connectivity index (χ4v) is 3.29. The Morgan fingerprint density at radius 1 is 1.10 bits per heavy atom. The number of ether oxygens (including phenoxy) is 2. The molecule has 1 fully saturated rings. The van der Waals surface area contributed by atoms with E-state index in [1.165, 1.54) is 12.1 Å². The van der Waals surface area contributed by atoms with Crippen LogP contribution in [0, 0.1) is 0 Å². The normalized spacial score (nSPS) is 14.4. The van der Waals surface area contributed by atoms with Gasteiger partial charge in [0.15, 0.2) is 6.61 Å². The van der Waals surface area contributed by atoms with Crippen LogP contribution in [0.3, 0.4) is 0 Å². The van der Waals surface area contributed by atoms with Crippen molar-refractivity contribution in [2.75, 3.05) is 26.3 Å². The van der Waals surface area contributed by atoms with Crippen LogP contribution in [0.4, 0.5) is 4.79 Å². The number of rotatable bonds is 5. The van der Waals surface area contributed by atoms with Gasteiger partial charge in [0.1, 0.15) is 11.3 Å². The minimum Gasteiger partial charge on any atom is -0.507 e. The first kappa shape index (κ1) is 20.4. The molecule has 0 radical (unpaired) electrons. The Hall–Kier alpha value is -3.29. The van der Waals surface area contributed by atoms with Crippen molar-refractivity contribution in [2.24, 2.45) is 0 Å². The van der Waals surface area contributed by atoms with Gasteiger partial charge in [-0.25, -0.2) is 9.59 Å². The number of phenolic OH excluding ortho intramolecular Hbond substituents is 1. The number of aromatic hydroxyl groups is 1. The van der Waals surface area contributed by atoms with Crippen LogP contribution in [0.5, 0.6) is 5.75 Å². The molecule has 8 nitrogen and oxygen atoms in total. The molecule has 29 heavy (non-hydrogen) atoms. The number of benzene rings is 2. The van der Waals surface area contributed by atoms with Gasteiger partial charge < -0.3 is 24.8 Å². The van der Waals surface area contributed by atoms with Crippen molar-refractivity contribution in [3.05, 3.63) is 42.0 Å². The molecule has 2 N–H and O–H groups in total. The van der Waals surface area contributed by atoms with E-state index in [0.29, 0.717) is 32.5 Å². The van der Waals surface area contributed by atoms with E-state index in [1.807, 2.05) is 24.3 Å². The van der Waals surface area contributed by atoms with Gasteiger partial charge in [-0.05, 0) is 42.7 Å². The number of amides is 2. The quantitative estimate of drug-likeness (QED) is 0.747. The molecule has 2 aromatic carbocycles. The van der Waals surface area contributed by atoms with E-state index in [9.17, 15) is 19.5 Å². The molecule has 1 saturated heterocycles. The lowest BCUT2D eigenvalue weighted by atomic mass is 10.1. The maximum Gasteiger partial charge on any atom is 0.409 e. The molecule has 0 spiro atoms. The van der Waals surface area contributed by atoms with Crippen LogP contribution in [-0.2, 0) is 14.3 Å². The van der Waals surface area contributed by atoms with E-state index in [1.54, 1.807) is 11.8 Å². The summed E-state index contributed by atoms with van der Waals surface area (Å²) in [6, 6.07) is 10.2. The fourth-order valence-electron chi connectivity index (χ4n) is 3.29. The molecule has 8 heteroatoms. The van der Waals surface area contributed by atoms with Gasteiger partial charge in [-0.3, -0.25) is 4.79 Å². The monoisotopic (exact) mass is 400 g/mol. The van der Waals surface area contributed by atoms with E-state index in [2.05, 4.69) is 5.32 Å². The van der Waals surface area contributed by atoms with Crippen molar-refractivity contribution in [2.45, 2.75) is 25.8 Å². The number of nitrogens with one attached hydrogen (secondary N) is 1. The van der Waals surface area contributed by atoms with E-state index in [0.717, 1.165) is 10.8 Å². The van der Waals surface area contributed by atoms with Gasteiger partial charge in [0.25, 0.3) is 5.91 Å². The molecule has 0 unspecified atom stereocenters.